The van der Waals surface area contributed by atoms with Gasteiger partial charge in [0.1, 0.15) is 17.4 Å². The van der Waals surface area contributed by atoms with Gasteiger partial charge < -0.3 is 9.84 Å². The van der Waals surface area contributed by atoms with Gasteiger partial charge in [-0.1, -0.05) is 12.1 Å². The Balaban J connectivity index is 2.24. The van der Waals surface area contributed by atoms with Crippen molar-refractivity contribution in [2.45, 2.75) is 6.42 Å². The zero-order valence-corrected chi connectivity index (χ0v) is 9.78. The van der Waals surface area contributed by atoms with Crippen molar-refractivity contribution in [2.75, 3.05) is 0 Å². The zero-order chi connectivity index (χ0) is 13.7. The SMILES string of the molecule is N#Cc1ccnnc1Oc1cccc(CC(=O)O)c1. The van der Waals surface area contributed by atoms with E-state index < -0.39 is 5.97 Å². The smallest absolute Gasteiger partial charge is 0.307 e. The lowest BCUT2D eigenvalue weighted by molar-refractivity contribution is -0.136. The van der Waals surface area contributed by atoms with E-state index >= 15 is 0 Å². The lowest BCUT2D eigenvalue weighted by atomic mass is 10.1. The predicted octanol–water partition coefficient (Wildman–Crippen LogP) is 1.77. The second-order valence-corrected chi connectivity index (χ2v) is 3.68. The van der Waals surface area contributed by atoms with Crippen molar-refractivity contribution < 1.29 is 14.6 Å². The number of carboxylic acid groups (broad SMARTS) is 1. The molecule has 6 nitrogen and oxygen atoms in total. The van der Waals surface area contributed by atoms with Crippen LogP contribution in [0.1, 0.15) is 11.1 Å². The number of nitriles is 1. The van der Waals surface area contributed by atoms with Crippen molar-refractivity contribution in [2.24, 2.45) is 0 Å². The average Bonchev–Trinajstić information content (AvgIpc) is 2.39. The Kier molecular flexibility index (Phi) is 3.69. The highest BCUT2D eigenvalue weighted by molar-refractivity contribution is 5.70. The van der Waals surface area contributed by atoms with Crippen molar-refractivity contribution in [3.8, 4) is 17.7 Å². The van der Waals surface area contributed by atoms with Gasteiger partial charge in [-0.3, -0.25) is 4.79 Å². The summed E-state index contributed by atoms with van der Waals surface area (Å²) in [6, 6.07) is 10.0. The van der Waals surface area contributed by atoms with Crippen LogP contribution in [0, 0.1) is 11.3 Å². The number of nitrogens with zero attached hydrogens (tertiary/aromatic N) is 3. The third kappa shape index (κ3) is 3.26. The maximum Gasteiger partial charge on any atom is 0.307 e. The summed E-state index contributed by atoms with van der Waals surface area (Å²) in [5, 5.41) is 25.0. The number of aromatic nitrogens is 2. The van der Waals surface area contributed by atoms with E-state index in [1.54, 1.807) is 24.3 Å². The Hall–Kier alpha value is -2.94. The topological polar surface area (TPSA) is 96.1 Å². The molecule has 0 fully saturated rings. The lowest BCUT2D eigenvalue weighted by Gasteiger charge is -2.06. The first-order valence-electron chi connectivity index (χ1n) is 5.39. The van der Waals surface area contributed by atoms with Crippen LogP contribution in [-0.2, 0) is 11.2 Å². The first-order valence-corrected chi connectivity index (χ1v) is 5.39. The van der Waals surface area contributed by atoms with Crippen LogP contribution in [0.4, 0.5) is 0 Å². The Morgan fingerprint density at radius 2 is 2.26 bits per heavy atom. The number of carbonyl (C=O) groups is 1. The molecule has 94 valence electrons. The van der Waals surface area contributed by atoms with E-state index in [-0.39, 0.29) is 17.9 Å². The number of hydrogen-bond donors (Lipinski definition) is 1. The molecule has 0 saturated carbocycles. The number of hydrogen-bond acceptors (Lipinski definition) is 5. The standard InChI is InChI=1S/C13H9N3O3/c14-8-10-4-5-15-16-13(10)19-11-3-1-2-9(6-11)7-12(17)18/h1-6H,7H2,(H,17,18). The minimum Gasteiger partial charge on any atom is -0.481 e. The molecule has 2 aromatic rings. The molecule has 0 atom stereocenters. The molecule has 0 aliphatic carbocycles. The third-order valence-corrected chi connectivity index (χ3v) is 2.28. The van der Waals surface area contributed by atoms with Gasteiger partial charge in [0.05, 0.1) is 12.6 Å². The molecular weight excluding hydrogens is 246 g/mol. The lowest BCUT2D eigenvalue weighted by Crippen LogP contribution is -2.00. The van der Waals surface area contributed by atoms with Gasteiger partial charge in [0.15, 0.2) is 0 Å². The highest BCUT2D eigenvalue weighted by Gasteiger charge is 2.07. The monoisotopic (exact) mass is 255 g/mol. The zero-order valence-electron chi connectivity index (χ0n) is 9.78. The van der Waals surface area contributed by atoms with E-state index in [9.17, 15) is 4.79 Å². The van der Waals surface area contributed by atoms with Crippen molar-refractivity contribution in [1.82, 2.24) is 10.2 Å². The summed E-state index contributed by atoms with van der Waals surface area (Å²) >= 11 is 0. The van der Waals surface area contributed by atoms with Gasteiger partial charge in [-0.2, -0.15) is 10.4 Å². The molecule has 1 aromatic carbocycles. The molecule has 0 spiro atoms. The number of benzene rings is 1. The summed E-state index contributed by atoms with van der Waals surface area (Å²) in [6.07, 6.45) is 1.30. The summed E-state index contributed by atoms with van der Waals surface area (Å²) in [5.74, 6) is -0.414. The Morgan fingerprint density at radius 1 is 1.42 bits per heavy atom. The van der Waals surface area contributed by atoms with Crippen LogP contribution in [0.3, 0.4) is 0 Å². The fourth-order valence-corrected chi connectivity index (χ4v) is 1.48. The molecule has 1 aromatic heterocycles. The summed E-state index contributed by atoms with van der Waals surface area (Å²) in [6.45, 7) is 0. The quantitative estimate of drug-likeness (QED) is 0.894. The van der Waals surface area contributed by atoms with Gasteiger partial charge >= 0.3 is 5.97 Å². The second-order valence-electron chi connectivity index (χ2n) is 3.68. The largest absolute Gasteiger partial charge is 0.481 e. The fourth-order valence-electron chi connectivity index (χ4n) is 1.48. The maximum absolute atomic E-state index is 10.6. The molecule has 1 N–H and O–H groups in total. The van der Waals surface area contributed by atoms with Gasteiger partial charge in [0.25, 0.3) is 5.88 Å². The Morgan fingerprint density at radius 3 is 3.00 bits per heavy atom. The predicted molar refractivity (Wildman–Crippen MR) is 64.6 cm³/mol. The average molecular weight is 255 g/mol. The van der Waals surface area contributed by atoms with Gasteiger partial charge in [-0.05, 0) is 23.8 Å². The van der Waals surface area contributed by atoms with E-state index in [2.05, 4.69) is 10.2 Å². The summed E-state index contributed by atoms with van der Waals surface area (Å²) in [4.78, 5) is 10.6. The minimum absolute atomic E-state index is 0.0945. The number of ether oxygens (including phenoxy) is 1. The van der Waals surface area contributed by atoms with Crippen molar-refractivity contribution in [1.29, 1.82) is 5.26 Å². The summed E-state index contributed by atoms with van der Waals surface area (Å²) in [5.41, 5.74) is 0.867. The van der Waals surface area contributed by atoms with E-state index in [0.29, 0.717) is 11.3 Å². The molecule has 19 heavy (non-hydrogen) atoms. The molecule has 0 saturated heterocycles. The summed E-state index contributed by atoms with van der Waals surface area (Å²) in [7, 11) is 0. The highest BCUT2D eigenvalue weighted by atomic mass is 16.5. The normalized spacial score (nSPS) is 9.63. The van der Waals surface area contributed by atoms with Crippen LogP contribution in [0.5, 0.6) is 11.6 Å². The molecule has 0 aliphatic heterocycles. The molecule has 0 bridgehead atoms. The maximum atomic E-state index is 10.6. The van der Waals surface area contributed by atoms with Gasteiger partial charge in [0.2, 0.25) is 0 Å². The van der Waals surface area contributed by atoms with Gasteiger partial charge in [-0.15, -0.1) is 5.10 Å². The Bertz CT molecular complexity index is 650. The fraction of sp³-hybridized carbons (Fsp3) is 0.0769. The van der Waals surface area contributed by atoms with Crippen LogP contribution in [0.15, 0.2) is 36.5 Å². The van der Waals surface area contributed by atoms with E-state index in [0.717, 1.165) is 0 Å². The van der Waals surface area contributed by atoms with E-state index in [1.807, 2.05) is 6.07 Å². The van der Waals surface area contributed by atoms with Crippen LogP contribution in [-0.4, -0.2) is 21.3 Å². The molecule has 2 rings (SSSR count). The van der Waals surface area contributed by atoms with Gasteiger partial charge in [0, 0.05) is 0 Å². The second kappa shape index (κ2) is 5.60. The van der Waals surface area contributed by atoms with Crippen LogP contribution in [0.25, 0.3) is 0 Å². The van der Waals surface area contributed by atoms with Crippen molar-refractivity contribution in [3.63, 3.8) is 0 Å². The van der Waals surface area contributed by atoms with Crippen molar-refractivity contribution >= 4 is 5.97 Å². The van der Waals surface area contributed by atoms with Crippen LogP contribution < -0.4 is 4.74 Å². The molecule has 6 heteroatoms. The first kappa shape index (κ1) is 12.5. The number of aliphatic carboxylic acids is 1. The molecule has 0 aliphatic rings. The van der Waals surface area contributed by atoms with E-state index in [1.165, 1.54) is 12.3 Å². The summed E-state index contributed by atoms with van der Waals surface area (Å²) < 4.78 is 5.43. The molecular formula is C13H9N3O3. The number of carboxylic acids is 1. The molecule has 0 unspecified atom stereocenters. The van der Waals surface area contributed by atoms with Gasteiger partial charge in [-0.25, -0.2) is 0 Å². The molecule has 0 amide bonds. The van der Waals surface area contributed by atoms with E-state index in [4.69, 9.17) is 15.1 Å². The van der Waals surface area contributed by atoms with Crippen LogP contribution >= 0.6 is 0 Å². The van der Waals surface area contributed by atoms with Crippen molar-refractivity contribution in [3.05, 3.63) is 47.7 Å². The minimum atomic E-state index is -0.922. The highest BCUT2D eigenvalue weighted by Crippen LogP contribution is 2.22. The first-order chi connectivity index (χ1) is 9.19. The van der Waals surface area contributed by atoms with Crippen LogP contribution in [0.2, 0.25) is 0 Å². The third-order valence-electron chi connectivity index (χ3n) is 2.28. The molecule has 0 radical (unpaired) electrons. The number of rotatable bonds is 4. The molecule has 1 heterocycles. The Labute approximate surface area is 108 Å².